The lowest BCUT2D eigenvalue weighted by Gasteiger charge is -2.63. The Hall–Kier alpha value is -6.09. The molecule has 2 N–H and O–H groups in total. The van der Waals surface area contributed by atoms with E-state index in [0.717, 1.165) is 87.6 Å². The number of piperazine rings is 1. The van der Waals surface area contributed by atoms with E-state index in [1.807, 2.05) is 24.2 Å². The summed E-state index contributed by atoms with van der Waals surface area (Å²) in [6.45, 7) is 18.2. The minimum atomic E-state index is -0.388. The van der Waals surface area contributed by atoms with Crippen molar-refractivity contribution >= 4 is 40.9 Å². The van der Waals surface area contributed by atoms with Crippen molar-refractivity contribution in [2.24, 2.45) is 17.9 Å². The van der Waals surface area contributed by atoms with Crippen LogP contribution in [0.4, 0.5) is 21.8 Å². The van der Waals surface area contributed by atoms with Gasteiger partial charge in [0, 0.05) is 138 Å². The molecule has 5 aromatic rings. The predicted octanol–water partition coefficient (Wildman–Crippen LogP) is 6.46. The number of benzene rings is 2. The SMILES string of the molecule is CC(=O)N1CCc2c(c(Nc3ccc(-c4cnn(C)c4)cc3F)nn2C2CCN(CCN3CCN(c4ncc(C(=O)NC5C(C)(C)C(Oc6ccc(C#N)c(Cl)c6)C5(C)C)cn4)CC3)CC2)C1. The Bertz CT molecular complexity index is 2660. The van der Waals surface area contributed by atoms with E-state index in [4.69, 9.17) is 21.4 Å². The van der Waals surface area contributed by atoms with Gasteiger partial charge >= 0.3 is 0 Å². The van der Waals surface area contributed by atoms with Crippen LogP contribution in [-0.2, 0) is 24.8 Å². The summed E-state index contributed by atoms with van der Waals surface area (Å²) >= 11 is 6.26. The van der Waals surface area contributed by atoms with E-state index in [1.54, 1.807) is 54.5 Å². The minimum Gasteiger partial charge on any atom is -0.489 e. The van der Waals surface area contributed by atoms with Gasteiger partial charge in [-0.25, -0.2) is 14.4 Å². The summed E-state index contributed by atoms with van der Waals surface area (Å²) < 4.78 is 25.8. The van der Waals surface area contributed by atoms with E-state index in [9.17, 15) is 14.9 Å². The van der Waals surface area contributed by atoms with Gasteiger partial charge in [-0.3, -0.25) is 23.9 Å². The molecule has 0 spiro atoms. The highest BCUT2D eigenvalue weighted by atomic mass is 35.5. The quantitative estimate of drug-likeness (QED) is 0.141. The molecule has 3 aromatic heterocycles. The summed E-state index contributed by atoms with van der Waals surface area (Å²) in [5.41, 5.74) is 4.04. The molecular formula is C49H59ClFN13O3. The highest BCUT2D eigenvalue weighted by molar-refractivity contribution is 6.31. The molecule has 0 bridgehead atoms. The number of nitriles is 1. The van der Waals surface area contributed by atoms with Crippen molar-refractivity contribution in [1.82, 2.24) is 49.5 Å². The Balaban J connectivity index is 0.743. The highest BCUT2D eigenvalue weighted by Gasteiger charge is 2.64. The zero-order valence-electron chi connectivity index (χ0n) is 39.1. The second kappa shape index (κ2) is 18.5. The number of piperidine rings is 1. The maximum atomic E-state index is 15.5. The van der Waals surface area contributed by atoms with Crippen LogP contribution in [0.5, 0.6) is 5.75 Å². The van der Waals surface area contributed by atoms with Gasteiger partial charge in [-0.15, -0.1) is 0 Å². The smallest absolute Gasteiger partial charge is 0.254 e. The molecule has 352 valence electrons. The number of carbonyl (C=O) groups excluding carboxylic acids is 2. The number of rotatable bonds is 12. The molecule has 2 aromatic carbocycles. The molecule has 6 heterocycles. The first-order valence-corrected chi connectivity index (χ1v) is 23.6. The predicted molar refractivity (Wildman–Crippen MR) is 254 cm³/mol. The molecule has 18 heteroatoms. The van der Waals surface area contributed by atoms with Gasteiger partial charge in [0.25, 0.3) is 5.91 Å². The summed E-state index contributed by atoms with van der Waals surface area (Å²) in [6, 6.07) is 12.3. The molecule has 1 aliphatic carbocycles. The highest BCUT2D eigenvalue weighted by Crippen LogP contribution is 2.55. The maximum Gasteiger partial charge on any atom is 0.254 e. The van der Waals surface area contributed by atoms with Crippen molar-refractivity contribution in [2.45, 2.75) is 78.6 Å². The number of aryl methyl sites for hydroxylation is 1. The number of nitrogens with zero attached hydrogens (tertiary/aromatic N) is 11. The first kappa shape index (κ1) is 46.0. The third-order valence-corrected chi connectivity index (χ3v) is 14.7. The molecule has 0 unspecified atom stereocenters. The van der Waals surface area contributed by atoms with Gasteiger partial charge in [-0.1, -0.05) is 45.4 Å². The summed E-state index contributed by atoms with van der Waals surface area (Å²) in [7, 11) is 1.83. The van der Waals surface area contributed by atoms with Crippen molar-refractivity contribution in [2.75, 3.05) is 69.1 Å². The second-order valence-electron chi connectivity index (χ2n) is 19.6. The molecule has 2 amide bonds. The number of fused-ring (bicyclic) bond motifs is 1. The van der Waals surface area contributed by atoms with E-state index in [0.29, 0.717) is 58.9 Å². The number of anilines is 3. The van der Waals surface area contributed by atoms with E-state index < -0.39 is 0 Å². The lowest BCUT2D eigenvalue weighted by atomic mass is 9.49. The number of likely N-dealkylation sites (tertiary alicyclic amines) is 1. The van der Waals surface area contributed by atoms with E-state index in [-0.39, 0.29) is 46.6 Å². The van der Waals surface area contributed by atoms with Crippen molar-refractivity contribution < 1.29 is 18.7 Å². The molecule has 67 heavy (non-hydrogen) atoms. The van der Waals surface area contributed by atoms with E-state index in [1.165, 1.54) is 6.07 Å². The Kier molecular flexibility index (Phi) is 12.7. The van der Waals surface area contributed by atoms with Gasteiger partial charge in [0.15, 0.2) is 5.82 Å². The first-order chi connectivity index (χ1) is 32.1. The molecule has 3 aliphatic heterocycles. The summed E-state index contributed by atoms with van der Waals surface area (Å²) in [4.78, 5) is 44.2. The molecule has 9 rings (SSSR count). The van der Waals surface area contributed by atoms with Gasteiger partial charge in [-0.05, 0) is 42.7 Å². The van der Waals surface area contributed by atoms with Crippen molar-refractivity contribution in [3.63, 3.8) is 0 Å². The number of amides is 2. The first-order valence-electron chi connectivity index (χ1n) is 23.2. The average molecular weight is 933 g/mol. The molecular weight excluding hydrogens is 873 g/mol. The van der Waals surface area contributed by atoms with Gasteiger partial charge < -0.3 is 30.1 Å². The minimum absolute atomic E-state index is 0.0180. The Labute approximate surface area is 396 Å². The standard InChI is InChI=1S/C49H59ClFN13O3/c1-31(65)63-16-13-42-38(30-63)43(56-41-10-8-32(23-40(41)51)35-28-55-59(6)29-35)58-64(42)36-11-14-60(15-12-36)17-18-61-19-21-62(22-20-61)47-53-26-34(27-54-47)44(66)57-45-48(2,3)46(49(45,4)5)67-37-9-7-33(25-52)39(50)24-37/h7-10,23-24,26-29,36,45-46H,11-22,30H2,1-6H3,(H,56,58)(H,57,66). The lowest BCUT2D eigenvalue weighted by Crippen LogP contribution is -2.74. The number of hydrogen-bond acceptors (Lipinski definition) is 12. The number of carbonyl (C=O) groups is 2. The second-order valence-corrected chi connectivity index (χ2v) is 20.0. The fraction of sp³-hybridized carbons (Fsp3) is 0.490. The lowest BCUT2D eigenvalue weighted by molar-refractivity contribution is -0.164. The topological polar surface area (TPSA) is 166 Å². The van der Waals surface area contributed by atoms with Gasteiger partial charge in [0.2, 0.25) is 11.9 Å². The normalized spacial score (nSPS) is 20.7. The van der Waals surface area contributed by atoms with Crippen molar-refractivity contribution in [3.8, 4) is 22.9 Å². The molecule has 1 saturated carbocycles. The molecule has 3 fully saturated rings. The van der Waals surface area contributed by atoms with Crippen LogP contribution in [0.2, 0.25) is 5.02 Å². The molecule has 0 atom stereocenters. The van der Waals surface area contributed by atoms with Crippen LogP contribution in [0.3, 0.4) is 0 Å². The number of hydrogen-bond donors (Lipinski definition) is 2. The van der Waals surface area contributed by atoms with Gasteiger partial charge in [0.1, 0.15) is 23.7 Å². The molecule has 4 aliphatic rings. The van der Waals surface area contributed by atoms with Crippen LogP contribution in [0.25, 0.3) is 11.1 Å². The monoisotopic (exact) mass is 931 g/mol. The summed E-state index contributed by atoms with van der Waals surface area (Å²) in [5, 5.41) is 25.4. The third-order valence-electron chi connectivity index (χ3n) is 14.4. The fourth-order valence-corrected chi connectivity index (χ4v) is 11.1. The van der Waals surface area contributed by atoms with E-state index in [2.05, 4.69) is 78.8 Å². The van der Waals surface area contributed by atoms with Crippen LogP contribution in [0.1, 0.15) is 80.7 Å². The molecule has 2 saturated heterocycles. The molecule has 16 nitrogen and oxygen atoms in total. The zero-order chi connectivity index (χ0) is 47.2. The van der Waals surface area contributed by atoms with Crippen LogP contribution >= 0.6 is 11.6 Å². The van der Waals surface area contributed by atoms with Crippen LogP contribution < -0.4 is 20.3 Å². The number of nitrogens with one attached hydrogen (secondary N) is 2. The summed E-state index contributed by atoms with van der Waals surface area (Å²) in [5.74, 6) is 1.22. The van der Waals surface area contributed by atoms with Gasteiger partial charge in [-0.2, -0.15) is 15.5 Å². The number of aromatic nitrogens is 6. The van der Waals surface area contributed by atoms with Crippen molar-refractivity contribution in [1.29, 1.82) is 5.26 Å². The zero-order valence-corrected chi connectivity index (χ0v) is 39.9. The van der Waals surface area contributed by atoms with E-state index >= 15 is 4.39 Å². The van der Waals surface area contributed by atoms with Crippen LogP contribution in [-0.4, -0.2) is 127 Å². The third kappa shape index (κ3) is 9.31. The molecule has 0 radical (unpaired) electrons. The summed E-state index contributed by atoms with van der Waals surface area (Å²) in [6.07, 6.45) is 9.21. The average Bonchev–Trinajstić information content (AvgIpc) is 3.93. The Morgan fingerprint density at radius 3 is 2.25 bits per heavy atom. The Morgan fingerprint density at radius 2 is 1.63 bits per heavy atom. The Morgan fingerprint density at radius 1 is 0.925 bits per heavy atom. The van der Waals surface area contributed by atoms with Gasteiger partial charge in [0.05, 0.1) is 40.6 Å². The van der Waals surface area contributed by atoms with Crippen LogP contribution in [0, 0.1) is 28.0 Å². The number of ether oxygens (including phenoxy) is 1. The fourth-order valence-electron chi connectivity index (χ4n) is 10.9. The maximum absolute atomic E-state index is 15.5. The van der Waals surface area contributed by atoms with Crippen LogP contribution in [0.15, 0.2) is 61.2 Å². The van der Waals surface area contributed by atoms with Crippen molar-refractivity contribution in [3.05, 3.63) is 94.4 Å². The largest absolute Gasteiger partial charge is 0.489 e. The number of halogens is 2.